The highest BCUT2D eigenvalue weighted by atomic mass is 16.5. The number of amides is 1. The maximum Gasteiger partial charge on any atom is 0.293 e. The van der Waals surface area contributed by atoms with Crippen LogP contribution in [0.3, 0.4) is 0 Å². The van der Waals surface area contributed by atoms with Crippen LogP contribution >= 0.6 is 0 Å². The van der Waals surface area contributed by atoms with Crippen LogP contribution in [0.2, 0.25) is 0 Å². The summed E-state index contributed by atoms with van der Waals surface area (Å²) in [4.78, 5) is 40.3. The fraction of sp³-hybridized carbons (Fsp3) is 0.480. The predicted molar refractivity (Wildman–Crippen MR) is 134 cm³/mol. The van der Waals surface area contributed by atoms with E-state index in [1.54, 1.807) is 30.1 Å². The maximum absolute atomic E-state index is 13.3. The van der Waals surface area contributed by atoms with E-state index >= 15 is 0 Å². The number of hydrogen-bond acceptors (Lipinski definition) is 8. The second-order valence-corrected chi connectivity index (χ2v) is 8.45. The minimum absolute atomic E-state index is 0.204. The molecule has 0 aromatic carbocycles. The molecule has 1 saturated heterocycles. The van der Waals surface area contributed by atoms with Gasteiger partial charge in [-0.25, -0.2) is 15.0 Å². The second-order valence-electron chi connectivity index (χ2n) is 8.45. The van der Waals surface area contributed by atoms with E-state index in [0.717, 1.165) is 36.9 Å². The van der Waals surface area contributed by atoms with Crippen LogP contribution in [0.4, 0.5) is 5.82 Å². The van der Waals surface area contributed by atoms with Gasteiger partial charge in [0.1, 0.15) is 0 Å². The quantitative estimate of drug-likeness (QED) is 0.394. The number of nitrogens with one attached hydrogen (secondary N) is 1. The molecule has 4 heterocycles. The summed E-state index contributed by atoms with van der Waals surface area (Å²) >= 11 is 0. The lowest BCUT2D eigenvalue weighted by Gasteiger charge is -2.16. The van der Waals surface area contributed by atoms with Crippen molar-refractivity contribution in [1.29, 1.82) is 0 Å². The summed E-state index contributed by atoms with van der Waals surface area (Å²) in [7, 11) is 1.57. The van der Waals surface area contributed by atoms with Gasteiger partial charge in [-0.3, -0.25) is 14.2 Å². The molecule has 10 heteroatoms. The normalized spacial score (nSPS) is 13.5. The van der Waals surface area contributed by atoms with E-state index in [2.05, 4.69) is 20.3 Å². The van der Waals surface area contributed by atoms with Crippen molar-refractivity contribution in [1.82, 2.24) is 24.4 Å². The fourth-order valence-electron chi connectivity index (χ4n) is 4.11. The van der Waals surface area contributed by atoms with Crippen LogP contribution in [0, 0.1) is 0 Å². The van der Waals surface area contributed by atoms with Crippen molar-refractivity contribution in [3.8, 4) is 17.0 Å². The largest absolute Gasteiger partial charge is 0.481 e. The summed E-state index contributed by atoms with van der Waals surface area (Å²) in [6.45, 7) is 5.52. The Morgan fingerprint density at radius 2 is 1.94 bits per heavy atom. The number of anilines is 1. The highest BCUT2D eigenvalue weighted by Gasteiger charge is 2.19. The van der Waals surface area contributed by atoms with Gasteiger partial charge in [0.05, 0.1) is 19.2 Å². The average Bonchev–Trinajstić information content (AvgIpc) is 3.30. The first-order valence-corrected chi connectivity index (χ1v) is 12.1. The third-order valence-electron chi connectivity index (χ3n) is 5.96. The van der Waals surface area contributed by atoms with E-state index in [1.165, 1.54) is 0 Å². The first-order chi connectivity index (χ1) is 17.1. The van der Waals surface area contributed by atoms with Crippen LogP contribution in [0.5, 0.6) is 5.88 Å². The molecule has 0 aliphatic carbocycles. The van der Waals surface area contributed by atoms with Gasteiger partial charge in [0.2, 0.25) is 11.8 Å². The number of likely N-dealkylation sites (tertiary alicyclic amines) is 1. The molecule has 0 radical (unpaired) electrons. The molecule has 0 bridgehead atoms. The molecule has 1 aliphatic rings. The van der Waals surface area contributed by atoms with Crippen molar-refractivity contribution in [2.24, 2.45) is 0 Å². The molecule has 1 N–H and O–H groups in total. The molecule has 1 amide bonds. The standard InChI is InChI=1S/C25H32N6O4/c1-3-13-35-14-12-31-20-15-19(18-7-8-21(34-2)27-16-18)17-28-23(20)29-24(25(31)33)26-9-5-11-30-10-4-6-22(30)32/h7-8,15-17H,3-6,9-14H2,1-2H3,(H,26,28,29). The van der Waals surface area contributed by atoms with Crippen LogP contribution in [0.25, 0.3) is 22.3 Å². The van der Waals surface area contributed by atoms with Crippen LogP contribution in [-0.4, -0.2) is 70.3 Å². The summed E-state index contributed by atoms with van der Waals surface area (Å²) in [6.07, 6.45) is 6.64. The lowest BCUT2D eigenvalue weighted by Crippen LogP contribution is -2.29. The molecule has 0 unspecified atom stereocenters. The molecule has 186 valence electrons. The van der Waals surface area contributed by atoms with E-state index in [0.29, 0.717) is 56.3 Å². The Morgan fingerprint density at radius 1 is 1.09 bits per heavy atom. The topological polar surface area (TPSA) is 111 Å². The Balaban J connectivity index is 1.58. The van der Waals surface area contributed by atoms with Gasteiger partial charge in [0, 0.05) is 68.8 Å². The summed E-state index contributed by atoms with van der Waals surface area (Å²) < 4.78 is 12.5. The first-order valence-electron chi connectivity index (χ1n) is 12.1. The molecular formula is C25H32N6O4. The van der Waals surface area contributed by atoms with Gasteiger partial charge in [-0.2, -0.15) is 0 Å². The molecule has 10 nitrogen and oxygen atoms in total. The fourth-order valence-corrected chi connectivity index (χ4v) is 4.11. The molecule has 3 aromatic heterocycles. The van der Waals surface area contributed by atoms with Gasteiger partial charge in [-0.1, -0.05) is 6.92 Å². The highest BCUT2D eigenvalue weighted by molar-refractivity contribution is 5.79. The van der Waals surface area contributed by atoms with Crippen molar-refractivity contribution in [2.45, 2.75) is 39.2 Å². The highest BCUT2D eigenvalue weighted by Crippen LogP contribution is 2.23. The maximum atomic E-state index is 13.3. The van der Waals surface area contributed by atoms with Gasteiger partial charge in [-0.05, 0) is 31.4 Å². The Morgan fingerprint density at radius 3 is 2.66 bits per heavy atom. The van der Waals surface area contributed by atoms with Gasteiger partial charge in [-0.15, -0.1) is 0 Å². The van der Waals surface area contributed by atoms with Gasteiger partial charge in [0.15, 0.2) is 11.5 Å². The number of nitrogens with zero attached hydrogens (tertiary/aromatic N) is 5. The van der Waals surface area contributed by atoms with Gasteiger partial charge < -0.3 is 19.7 Å². The molecular weight excluding hydrogens is 448 g/mol. The Bertz CT molecular complexity index is 1210. The smallest absolute Gasteiger partial charge is 0.293 e. The Kier molecular flexibility index (Phi) is 8.25. The number of aromatic nitrogens is 4. The summed E-state index contributed by atoms with van der Waals surface area (Å²) in [6, 6.07) is 5.59. The lowest BCUT2D eigenvalue weighted by molar-refractivity contribution is -0.127. The molecule has 0 spiro atoms. The number of carbonyl (C=O) groups excluding carboxylic acids is 1. The van der Waals surface area contributed by atoms with Gasteiger partial charge in [0.25, 0.3) is 5.56 Å². The van der Waals surface area contributed by atoms with Crippen molar-refractivity contribution in [3.05, 3.63) is 40.9 Å². The Hall–Kier alpha value is -3.53. The molecule has 0 saturated carbocycles. The number of ether oxygens (including phenoxy) is 2. The van der Waals surface area contributed by atoms with Crippen LogP contribution in [0.15, 0.2) is 35.4 Å². The van der Waals surface area contributed by atoms with Crippen molar-refractivity contribution in [3.63, 3.8) is 0 Å². The first kappa shape index (κ1) is 24.6. The summed E-state index contributed by atoms with van der Waals surface area (Å²) in [5.41, 5.74) is 2.58. The van der Waals surface area contributed by atoms with Crippen LogP contribution in [-0.2, 0) is 16.1 Å². The molecule has 1 fully saturated rings. The lowest BCUT2D eigenvalue weighted by atomic mass is 10.1. The zero-order chi connectivity index (χ0) is 24.6. The molecule has 3 aromatic rings. The van der Waals surface area contributed by atoms with Crippen molar-refractivity contribution < 1.29 is 14.3 Å². The number of pyridine rings is 2. The SMILES string of the molecule is CCCOCCn1c(=O)c(NCCCN2CCCC2=O)nc2ncc(-c3ccc(OC)nc3)cc21. The van der Waals surface area contributed by atoms with Crippen LogP contribution < -0.4 is 15.6 Å². The summed E-state index contributed by atoms with van der Waals surface area (Å²) in [5.74, 6) is 0.987. The minimum Gasteiger partial charge on any atom is -0.481 e. The number of hydrogen-bond donors (Lipinski definition) is 1. The number of methoxy groups -OCH3 is 1. The Labute approximate surface area is 204 Å². The zero-order valence-corrected chi connectivity index (χ0v) is 20.3. The number of rotatable bonds is 12. The van der Waals surface area contributed by atoms with Crippen molar-refractivity contribution in [2.75, 3.05) is 45.3 Å². The van der Waals surface area contributed by atoms with Crippen molar-refractivity contribution >= 4 is 22.9 Å². The summed E-state index contributed by atoms with van der Waals surface area (Å²) in [5, 5.41) is 3.16. The monoisotopic (exact) mass is 480 g/mol. The van der Waals surface area contributed by atoms with E-state index in [9.17, 15) is 9.59 Å². The zero-order valence-electron chi connectivity index (χ0n) is 20.3. The average molecular weight is 481 g/mol. The third kappa shape index (κ3) is 5.94. The number of carbonyl (C=O) groups is 1. The van der Waals surface area contributed by atoms with E-state index in [-0.39, 0.29) is 17.3 Å². The van der Waals surface area contributed by atoms with E-state index in [4.69, 9.17) is 9.47 Å². The minimum atomic E-state index is -0.221. The van der Waals surface area contributed by atoms with Gasteiger partial charge >= 0.3 is 0 Å². The third-order valence-corrected chi connectivity index (χ3v) is 5.96. The molecule has 0 atom stereocenters. The molecule has 1 aliphatic heterocycles. The van der Waals surface area contributed by atoms with E-state index < -0.39 is 0 Å². The molecule has 4 rings (SSSR count). The predicted octanol–water partition coefficient (Wildman–Crippen LogP) is 2.71. The molecule has 35 heavy (non-hydrogen) atoms. The van der Waals surface area contributed by atoms with Crippen LogP contribution in [0.1, 0.15) is 32.6 Å². The number of fused-ring (bicyclic) bond motifs is 1. The second kappa shape index (κ2) is 11.7. The van der Waals surface area contributed by atoms with E-state index in [1.807, 2.05) is 24.0 Å².